The highest BCUT2D eigenvalue weighted by Crippen LogP contribution is 2.37. The number of benzene rings is 2. The number of nitrogens with zero attached hydrogens (tertiary/aromatic N) is 3. The van der Waals surface area contributed by atoms with Crippen LogP contribution in [0.5, 0.6) is 0 Å². The van der Waals surface area contributed by atoms with Gasteiger partial charge in [-0.1, -0.05) is 49.4 Å². The lowest BCUT2D eigenvalue weighted by atomic mass is 9.93. The van der Waals surface area contributed by atoms with Gasteiger partial charge in [-0.3, -0.25) is 14.5 Å². The maximum absolute atomic E-state index is 14.1. The highest BCUT2D eigenvalue weighted by Gasteiger charge is 2.34. The van der Waals surface area contributed by atoms with Crippen molar-refractivity contribution >= 4 is 23.2 Å². The van der Waals surface area contributed by atoms with Crippen LogP contribution in [0.4, 0.5) is 4.39 Å². The number of carbonyl (C=O) groups is 2. The summed E-state index contributed by atoms with van der Waals surface area (Å²) in [6.07, 6.45) is 1.65. The minimum atomic E-state index is -0.261. The molecule has 0 spiro atoms. The van der Waals surface area contributed by atoms with Gasteiger partial charge in [0.2, 0.25) is 11.8 Å². The van der Waals surface area contributed by atoms with Crippen molar-refractivity contribution in [2.75, 3.05) is 39.3 Å². The lowest BCUT2D eigenvalue weighted by molar-refractivity contribution is -0.141. The van der Waals surface area contributed by atoms with Crippen molar-refractivity contribution in [1.82, 2.24) is 14.7 Å². The van der Waals surface area contributed by atoms with Crippen molar-refractivity contribution in [2.24, 2.45) is 0 Å². The second-order valence-corrected chi connectivity index (χ2v) is 10.6. The molecule has 2 unspecified atom stereocenters. The standard InChI is InChI=1S/C29H32FN3O2S/c1-2-24(21-7-4-3-5-8-21)29(35)32-16-14-31(15-17-32)27(34)20-33-13-11-26-25(12-18-36-26)28(33)22-9-6-10-23(30)19-22/h3-10,12,18-19,24,28H,2,11,13-17,20H2,1H3. The van der Waals surface area contributed by atoms with Gasteiger partial charge < -0.3 is 9.80 Å². The van der Waals surface area contributed by atoms with Crippen molar-refractivity contribution < 1.29 is 14.0 Å². The zero-order chi connectivity index (χ0) is 25.1. The number of halogens is 1. The summed E-state index contributed by atoms with van der Waals surface area (Å²) in [6.45, 7) is 5.27. The van der Waals surface area contributed by atoms with Gasteiger partial charge in [0.05, 0.1) is 18.5 Å². The molecule has 7 heteroatoms. The lowest BCUT2D eigenvalue weighted by Gasteiger charge is -2.39. The second-order valence-electron chi connectivity index (χ2n) is 9.55. The first-order valence-electron chi connectivity index (χ1n) is 12.7. The van der Waals surface area contributed by atoms with Crippen molar-refractivity contribution in [1.29, 1.82) is 0 Å². The van der Waals surface area contributed by atoms with E-state index >= 15 is 0 Å². The third kappa shape index (κ3) is 5.08. The van der Waals surface area contributed by atoms with E-state index < -0.39 is 0 Å². The number of thiophene rings is 1. The van der Waals surface area contributed by atoms with Gasteiger partial charge >= 0.3 is 0 Å². The van der Waals surface area contributed by atoms with Crippen LogP contribution in [-0.4, -0.2) is 65.8 Å². The highest BCUT2D eigenvalue weighted by atomic mass is 32.1. The van der Waals surface area contributed by atoms with Crippen molar-refractivity contribution in [2.45, 2.75) is 31.7 Å². The minimum absolute atomic E-state index is 0.0669. The molecule has 0 saturated carbocycles. The number of hydrogen-bond donors (Lipinski definition) is 0. The Kier molecular flexibility index (Phi) is 7.48. The summed E-state index contributed by atoms with van der Waals surface area (Å²) in [4.78, 5) is 33.8. The molecule has 188 valence electrons. The molecular weight excluding hydrogens is 473 g/mol. The van der Waals surface area contributed by atoms with Gasteiger partial charge in [-0.2, -0.15) is 0 Å². The third-order valence-electron chi connectivity index (χ3n) is 7.42. The fraction of sp³-hybridized carbons (Fsp3) is 0.379. The van der Waals surface area contributed by atoms with Gasteiger partial charge in [0.15, 0.2) is 0 Å². The highest BCUT2D eigenvalue weighted by molar-refractivity contribution is 7.10. The monoisotopic (exact) mass is 505 g/mol. The maximum Gasteiger partial charge on any atom is 0.236 e. The summed E-state index contributed by atoms with van der Waals surface area (Å²) in [5, 5.41) is 2.08. The molecule has 3 heterocycles. The number of carbonyl (C=O) groups excluding carboxylic acids is 2. The van der Waals surface area contributed by atoms with Gasteiger partial charge in [0.25, 0.3) is 0 Å². The van der Waals surface area contributed by atoms with Crippen LogP contribution in [0.15, 0.2) is 66.0 Å². The second kappa shape index (κ2) is 10.9. The molecule has 3 aromatic rings. The number of fused-ring (bicyclic) bond motifs is 1. The summed E-state index contributed by atoms with van der Waals surface area (Å²) in [5.74, 6) is -0.197. The Bertz CT molecular complexity index is 1210. The van der Waals surface area contributed by atoms with Gasteiger partial charge in [-0.15, -0.1) is 11.3 Å². The number of rotatable bonds is 6. The molecule has 2 aromatic carbocycles. The van der Waals surface area contributed by atoms with Crippen LogP contribution in [0, 0.1) is 5.82 Å². The van der Waals surface area contributed by atoms with Crippen LogP contribution in [0.3, 0.4) is 0 Å². The maximum atomic E-state index is 14.1. The van der Waals surface area contributed by atoms with Crippen LogP contribution in [0.25, 0.3) is 0 Å². The molecule has 2 aliphatic rings. The normalized spacial score (nSPS) is 19.1. The Labute approximate surface area is 216 Å². The summed E-state index contributed by atoms with van der Waals surface area (Å²) >= 11 is 1.73. The van der Waals surface area contributed by atoms with E-state index in [4.69, 9.17) is 0 Å². The Morgan fingerprint density at radius 3 is 2.44 bits per heavy atom. The Hall–Kier alpha value is -3.03. The zero-order valence-electron chi connectivity index (χ0n) is 20.6. The number of hydrogen-bond acceptors (Lipinski definition) is 4. The molecule has 1 aromatic heterocycles. The fourth-order valence-corrected chi connectivity index (χ4v) is 6.42. The van der Waals surface area contributed by atoms with E-state index in [-0.39, 0.29) is 36.1 Å². The molecule has 1 fully saturated rings. The van der Waals surface area contributed by atoms with Crippen LogP contribution in [-0.2, 0) is 16.0 Å². The quantitative estimate of drug-likeness (QED) is 0.488. The Balaban J connectivity index is 1.24. The molecule has 2 aliphatic heterocycles. The molecule has 5 nitrogen and oxygen atoms in total. The predicted octanol–water partition coefficient (Wildman–Crippen LogP) is 4.70. The van der Waals surface area contributed by atoms with Crippen LogP contribution in [0.2, 0.25) is 0 Å². The molecule has 0 N–H and O–H groups in total. The van der Waals surface area contributed by atoms with E-state index in [1.54, 1.807) is 23.5 Å². The first kappa shape index (κ1) is 24.7. The molecule has 1 saturated heterocycles. The molecule has 0 aliphatic carbocycles. The van der Waals surface area contributed by atoms with Gasteiger partial charge in [0, 0.05) is 37.6 Å². The number of piperazine rings is 1. The number of amides is 2. The predicted molar refractivity (Wildman–Crippen MR) is 140 cm³/mol. The SMILES string of the molecule is CCC(C(=O)N1CCN(C(=O)CN2CCc3sccc3C2c2cccc(F)c2)CC1)c1ccccc1. The summed E-state index contributed by atoms with van der Waals surface area (Å²) in [5.41, 5.74) is 3.10. The average molecular weight is 506 g/mol. The fourth-order valence-electron chi connectivity index (χ4n) is 5.51. The van der Waals surface area contributed by atoms with E-state index in [1.807, 2.05) is 53.1 Å². The first-order chi connectivity index (χ1) is 17.5. The summed E-state index contributed by atoms with van der Waals surface area (Å²) in [7, 11) is 0. The summed E-state index contributed by atoms with van der Waals surface area (Å²) in [6, 6.07) is 18.6. The Morgan fingerprint density at radius 1 is 0.972 bits per heavy atom. The zero-order valence-corrected chi connectivity index (χ0v) is 21.4. The van der Waals surface area contributed by atoms with Gasteiger partial charge in [-0.25, -0.2) is 4.39 Å². The van der Waals surface area contributed by atoms with E-state index in [2.05, 4.69) is 16.3 Å². The average Bonchev–Trinajstić information content (AvgIpc) is 3.38. The molecule has 36 heavy (non-hydrogen) atoms. The van der Waals surface area contributed by atoms with Crippen molar-refractivity contribution in [3.63, 3.8) is 0 Å². The van der Waals surface area contributed by atoms with Gasteiger partial charge in [0.1, 0.15) is 5.82 Å². The topological polar surface area (TPSA) is 43.9 Å². The molecular formula is C29H32FN3O2S. The molecule has 2 amide bonds. The molecule has 0 bridgehead atoms. The van der Waals surface area contributed by atoms with E-state index in [0.717, 1.165) is 30.5 Å². The third-order valence-corrected chi connectivity index (χ3v) is 8.42. The van der Waals surface area contributed by atoms with Crippen LogP contribution in [0.1, 0.15) is 46.9 Å². The molecule has 0 radical (unpaired) electrons. The van der Waals surface area contributed by atoms with E-state index in [1.165, 1.54) is 16.5 Å². The molecule has 2 atom stereocenters. The van der Waals surface area contributed by atoms with Crippen molar-refractivity contribution in [3.05, 3.63) is 93.4 Å². The van der Waals surface area contributed by atoms with Crippen LogP contribution >= 0.6 is 11.3 Å². The molecule has 5 rings (SSSR count). The van der Waals surface area contributed by atoms with Crippen molar-refractivity contribution in [3.8, 4) is 0 Å². The van der Waals surface area contributed by atoms with Gasteiger partial charge in [-0.05, 0) is 53.1 Å². The van der Waals surface area contributed by atoms with Crippen LogP contribution < -0.4 is 0 Å². The first-order valence-corrected chi connectivity index (χ1v) is 13.6. The minimum Gasteiger partial charge on any atom is -0.339 e. The smallest absolute Gasteiger partial charge is 0.236 e. The Morgan fingerprint density at radius 2 is 1.72 bits per heavy atom. The van der Waals surface area contributed by atoms with E-state index in [9.17, 15) is 14.0 Å². The largest absolute Gasteiger partial charge is 0.339 e. The van der Waals surface area contributed by atoms with E-state index in [0.29, 0.717) is 26.2 Å². The summed E-state index contributed by atoms with van der Waals surface area (Å²) < 4.78 is 14.1. The lowest BCUT2D eigenvalue weighted by Crippen LogP contribution is -2.54.